The third-order valence-corrected chi connectivity index (χ3v) is 2.40. The summed E-state index contributed by atoms with van der Waals surface area (Å²) >= 11 is 0. The van der Waals surface area contributed by atoms with Gasteiger partial charge in [-0.15, -0.1) is 0 Å². The minimum atomic E-state index is -1.11. The Morgan fingerprint density at radius 1 is 1.41 bits per heavy atom. The van der Waals surface area contributed by atoms with Gasteiger partial charge in [0.1, 0.15) is 0 Å². The van der Waals surface area contributed by atoms with Crippen molar-refractivity contribution in [1.29, 1.82) is 0 Å². The molecule has 0 atom stereocenters. The molecule has 0 aliphatic rings. The van der Waals surface area contributed by atoms with Crippen molar-refractivity contribution in [3.63, 3.8) is 0 Å². The number of aliphatic carboxylic acids is 1. The number of carboxylic acid groups (broad SMARTS) is 1. The second-order valence-electron chi connectivity index (χ2n) is 3.58. The lowest BCUT2D eigenvalue weighted by atomic mass is 10.2. The number of aromatic nitrogens is 2. The van der Waals surface area contributed by atoms with Crippen LogP contribution in [0, 0.1) is 0 Å². The van der Waals surface area contributed by atoms with Crippen LogP contribution in [0.25, 0.3) is 11.0 Å². The number of carboxylic acids is 1. The maximum absolute atomic E-state index is 11.7. The molecule has 1 N–H and O–H groups in total. The molecule has 1 aromatic carbocycles. The number of benzene rings is 1. The van der Waals surface area contributed by atoms with E-state index >= 15 is 0 Å². The van der Waals surface area contributed by atoms with E-state index in [1.54, 1.807) is 24.3 Å². The van der Waals surface area contributed by atoms with Crippen molar-refractivity contribution in [2.75, 3.05) is 0 Å². The summed E-state index contributed by atoms with van der Waals surface area (Å²) in [7, 11) is 0. The van der Waals surface area contributed by atoms with Crippen molar-refractivity contribution >= 4 is 17.0 Å². The van der Waals surface area contributed by atoms with Gasteiger partial charge in [-0.3, -0.25) is 4.79 Å². The normalized spacial score (nSPS) is 10.4. The van der Waals surface area contributed by atoms with Gasteiger partial charge in [0.05, 0.1) is 23.8 Å². The first kappa shape index (κ1) is 11.1. The molecule has 86 valence electrons. The van der Waals surface area contributed by atoms with Gasteiger partial charge in [0.25, 0.3) is 5.56 Å². The van der Waals surface area contributed by atoms with Crippen LogP contribution < -0.4 is 5.56 Å². The molecule has 2 aromatic rings. The number of hydrogen-bond donors (Lipinski definition) is 1. The van der Waals surface area contributed by atoms with E-state index in [0.29, 0.717) is 11.0 Å². The SMILES string of the molecule is C=C(Cn1c(=O)cnc2ccccc21)C(=O)O. The van der Waals surface area contributed by atoms with Crippen molar-refractivity contribution in [3.05, 3.63) is 53.0 Å². The average Bonchev–Trinajstić information content (AvgIpc) is 2.32. The van der Waals surface area contributed by atoms with E-state index in [9.17, 15) is 9.59 Å². The lowest BCUT2D eigenvalue weighted by Crippen LogP contribution is -2.23. The van der Waals surface area contributed by atoms with Gasteiger partial charge in [-0.25, -0.2) is 9.78 Å². The number of rotatable bonds is 3. The second-order valence-corrected chi connectivity index (χ2v) is 3.58. The van der Waals surface area contributed by atoms with Crippen LogP contribution in [0.1, 0.15) is 0 Å². The van der Waals surface area contributed by atoms with E-state index in [1.807, 2.05) is 0 Å². The summed E-state index contributed by atoms with van der Waals surface area (Å²) in [6.45, 7) is 3.37. The van der Waals surface area contributed by atoms with Crippen LogP contribution in [0.15, 0.2) is 47.4 Å². The van der Waals surface area contributed by atoms with Crippen molar-refractivity contribution in [1.82, 2.24) is 9.55 Å². The monoisotopic (exact) mass is 230 g/mol. The lowest BCUT2D eigenvalue weighted by Gasteiger charge is -2.08. The van der Waals surface area contributed by atoms with Crippen LogP contribution in [0.4, 0.5) is 0 Å². The molecular weight excluding hydrogens is 220 g/mol. The number of para-hydroxylation sites is 2. The average molecular weight is 230 g/mol. The van der Waals surface area contributed by atoms with E-state index in [4.69, 9.17) is 5.11 Å². The largest absolute Gasteiger partial charge is 0.478 e. The summed E-state index contributed by atoms with van der Waals surface area (Å²) in [5.41, 5.74) is 0.863. The Bertz CT molecular complexity index is 658. The fourth-order valence-electron chi connectivity index (χ4n) is 1.54. The number of fused-ring (bicyclic) bond motifs is 1. The van der Waals surface area contributed by atoms with Crippen LogP contribution in [0.2, 0.25) is 0 Å². The topological polar surface area (TPSA) is 72.2 Å². The molecule has 5 nitrogen and oxygen atoms in total. The Labute approximate surface area is 96.6 Å². The summed E-state index contributed by atoms with van der Waals surface area (Å²) in [6.07, 6.45) is 1.18. The zero-order chi connectivity index (χ0) is 12.4. The van der Waals surface area contributed by atoms with Crippen LogP contribution in [-0.2, 0) is 11.3 Å². The maximum atomic E-state index is 11.7. The first-order chi connectivity index (χ1) is 8.09. The molecule has 0 amide bonds. The first-order valence-corrected chi connectivity index (χ1v) is 4.95. The quantitative estimate of drug-likeness (QED) is 0.799. The number of nitrogens with zero attached hydrogens (tertiary/aromatic N) is 2. The zero-order valence-corrected chi connectivity index (χ0v) is 8.96. The van der Waals surface area contributed by atoms with E-state index in [2.05, 4.69) is 11.6 Å². The molecule has 0 unspecified atom stereocenters. The van der Waals surface area contributed by atoms with Crippen molar-refractivity contribution in [2.24, 2.45) is 0 Å². The maximum Gasteiger partial charge on any atom is 0.332 e. The van der Waals surface area contributed by atoms with Crippen LogP contribution in [0.5, 0.6) is 0 Å². The van der Waals surface area contributed by atoms with Gasteiger partial charge in [0, 0.05) is 5.57 Å². The minimum absolute atomic E-state index is 0.0385. The summed E-state index contributed by atoms with van der Waals surface area (Å²) in [5.74, 6) is -1.11. The van der Waals surface area contributed by atoms with Gasteiger partial charge in [-0.2, -0.15) is 0 Å². The highest BCUT2D eigenvalue weighted by Gasteiger charge is 2.09. The van der Waals surface area contributed by atoms with E-state index in [-0.39, 0.29) is 17.7 Å². The molecule has 1 heterocycles. The highest BCUT2D eigenvalue weighted by molar-refractivity contribution is 5.86. The Balaban J connectivity index is 2.59. The van der Waals surface area contributed by atoms with Crippen molar-refractivity contribution in [2.45, 2.75) is 6.54 Å². The lowest BCUT2D eigenvalue weighted by molar-refractivity contribution is -0.132. The highest BCUT2D eigenvalue weighted by atomic mass is 16.4. The summed E-state index contributed by atoms with van der Waals surface area (Å²) < 4.78 is 1.35. The predicted molar refractivity (Wildman–Crippen MR) is 62.8 cm³/mol. The molecule has 0 bridgehead atoms. The Hall–Kier alpha value is -2.43. The van der Waals surface area contributed by atoms with Crippen LogP contribution in [-0.4, -0.2) is 20.6 Å². The molecule has 0 saturated carbocycles. The van der Waals surface area contributed by atoms with E-state index in [0.717, 1.165) is 0 Å². The minimum Gasteiger partial charge on any atom is -0.478 e. The Morgan fingerprint density at radius 2 is 2.12 bits per heavy atom. The molecule has 0 saturated heterocycles. The van der Waals surface area contributed by atoms with Crippen LogP contribution in [0.3, 0.4) is 0 Å². The molecule has 0 aliphatic carbocycles. The molecule has 0 fully saturated rings. The highest BCUT2D eigenvalue weighted by Crippen LogP contribution is 2.09. The Kier molecular flexibility index (Phi) is 2.74. The van der Waals surface area contributed by atoms with Gasteiger partial charge in [-0.05, 0) is 12.1 Å². The standard InChI is InChI=1S/C12H10N2O3/c1-8(12(16)17)7-14-10-5-3-2-4-9(10)13-6-11(14)15/h2-6H,1,7H2,(H,16,17). The third kappa shape index (κ3) is 2.08. The number of hydrogen-bond acceptors (Lipinski definition) is 3. The molecular formula is C12H10N2O3. The molecule has 2 rings (SSSR count). The summed E-state index contributed by atoms with van der Waals surface area (Å²) in [5, 5.41) is 8.78. The second kappa shape index (κ2) is 4.21. The van der Waals surface area contributed by atoms with Gasteiger partial charge < -0.3 is 9.67 Å². The summed E-state index contributed by atoms with van der Waals surface area (Å²) in [6, 6.07) is 7.05. The Morgan fingerprint density at radius 3 is 2.82 bits per heavy atom. The van der Waals surface area contributed by atoms with Gasteiger partial charge in [0.15, 0.2) is 0 Å². The predicted octanol–water partition coefficient (Wildman–Crippen LogP) is 1.04. The van der Waals surface area contributed by atoms with Crippen LogP contribution >= 0.6 is 0 Å². The molecule has 5 heteroatoms. The molecule has 0 aliphatic heterocycles. The fraction of sp³-hybridized carbons (Fsp3) is 0.0833. The van der Waals surface area contributed by atoms with E-state index < -0.39 is 5.97 Å². The smallest absolute Gasteiger partial charge is 0.332 e. The van der Waals surface area contributed by atoms with Crippen molar-refractivity contribution < 1.29 is 9.90 Å². The number of carbonyl (C=O) groups is 1. The zero-order valence-electron chi connectivity index (χ0n) is 8.96. The van der Waals surface area contributed by atoms with Crippen molar-refractivity contribution in [3.8, 4) is 0 Å². The van der Waals surface area contributed by atoms with E-state index in [1.165, 1.54) is 10.8 Å². The molecule has 0 radical (unpaired) electrons. The third-order valence-electron chi connectivity index (χ3n) is 2.40. The van der Waals surface area contributed by atoms with Gasteiger partial charge in [-0.1, -0.05) is 18.7 Å². The molecule has 17 heavy (non-hydrogen) atoms. The fourth-order valence-corrected chi connectivity index (χ4v) is 1.54. The first-order valence-electron chi connectivity index (χ1n) is 4.95. The molecule has 1 aromatic heterocycles. The summed E-state index contributed by atoms with van der Waals surface area (Å²) in [4.78, 5) is 26.4. The van der Waals surface area contributed by atoms with Gasteiger partial charge in [0.2, 0.25) is 0 Å². The molecule has 0 spiro atoms. The van der Waals surface area contributed by atoms with Gasteiger partial charge >= 0.3 is 5.97 Å².